The van der Waals surface area contributed by atoms with Crippen molar-refractivity contribution < 1.29 is 22.4 Å². The van der Waals surface area contributed by atoms with E-state index in [4.69, 9.17) is 0 Å². The Morgan fingerprint density at radius 1 is 0.902 bits per heavy atom. The molecule has 0 saturated carbocycles. The molecule has 0 aliphatic carbocycles. The number of benzene rings is 3. The molecule has 2 amide bonds. The van der Waals surface area contributed by atoms with Crippen molar-refractivity contribution in [2.24, 2.45) is 0 Å². The maximum Gasteiger partial charge on any atom is 0.243 e. The number of sulfonamides is 1. The van der Waals surface area contributed by atoms with Gasteiger partial charge in [-0.15, -0.1) is 0 Å². The fourth-order valence-electron chi connectivity index (χ4n) is 4.82. The number of nitrogens with zero attached hydrogens (tertiary/aromatic N) is 2. The molecule has 3 aromatic carbocycles. The second-order valence-electron chi connectivity index (χ2n) is 10.8. The van der Waals surface area contributed by atoms with Gasteiger partial charge in [0.2, 0.25) is 21.8 Å². The standard InChI is InChI=1S/C32H40FN3O4S/c1-23(2)34-32(38)30(21-26-10-7-6-8-11-26)35(22-27-13-15-28(33)16-14-27)31(37)12-9-17-36(41(5,39)40)29-19-24(3)18-25(4)20-29/h6-8,10-11,13-16,18-20,23,30H,9,12,17,21-22H2,1-5H3,(H,34,38)/t30-/m0/s1. The number of hydrogen-bond donors (Lipinski definition) is 1. The van der Waals surface area contributed by atoms with Crippen molar-refractivity contribution >= 4 is 27.5 Å². The van der Waals surface area contributed by atoms with Crippen LogP contribution in [0.25, 0.3) is 0 Å². The topological polar surface area (TPSA) is 86.8 Å². The van der Waals surface area contributed by atoms with Gasteiger partial charge in [0.15, 0.2) is 0 Å². The molecule has 0 fully saturated rings. The Kier molecular flexibility index (Phi) is 11.1. The Balaban J connectivity index is 1.89. The fourth-order valence-corrected chi connectivity index (χ4v) is 5.77. The molecule has 0 unspecified atom stereocenters. The van der Waals surface area contributed by atoms with Crippen molar-refractivity contribution in [2.75, 3.05) is 17.1 Å². The average Bonchev–Trinajstić information content (AvgIpc) is 2.88. The molecule has 1 N–H and O–H groups in total. The van der Waals surface area contributed by atoms with Crippen LogP contribution < -0.4 is 9.62 Å². The summed E-state index contributed by atoms with van der Waals surface area (Å²) >= 11 is 0. The van der Waals surface area contributed by atoms with Gasteiger partial charge in [0, 0.05) is 32.0 Å². The molecule has 7 nitrogen and oxygen atoms in total. The number of nitrogens with one attached hydrogen (secondary N) is 1. The number of anilines is 1. The van der Waals surface area contributed by atoms with E-state index in [1.165, 1.54) is 21.3 Å². The van der Waals surface area contributed by atoms with Crippen molar-refractivity contribution in [3.05, 3.63) is 101 Å². The maximum absolute atomic E-state index is 13.8. The Morgan fingerprint density at radius 2 is 1.51 bits per heavy atom. The summed E-state index contributed by atoms with van der Waals surface area (Å²) < 4.78 is 40.3. The molecule has 3 rings (SSSR count). The molecule has 0 saturated heterocycles. The van der Waals surface area contributed by atoms with Crippen molar-refractivity contribution in [2.45, 2.75) is 65.6 Å². The Labute approximate surface area is 243 Å². The van der Waals surface area contributed by atoms with Gasteiger partial charge in [-0.2, -0.15) is 0 Å². The monoisotopic (exact) mass is 581 g/mol. The minimum Gasteiger partial charge on any atom is -0.352 e. The first-order valence-corrected chi connectivity index (χ1v) is 15.6. The highest BCUT2D eigenvalue weighted by Crippen LogP contribution is 2.23. The van der Waals surface area contributed by atoms with Crippen molar-refractivity contribution in [3.8, 4) is 0 Å². The third-order valence-electron chi connectivity index (χ3n) is 6.61. The summed E-state index contributed by atoms with van der Waals surface area (Å²) in [5, 5.41) is 2.94. The summed E-state index contributed by atoms with van der Waals surface area (Å²) in [4.78, 5) is 28.8. The molecule has 0 bridgehead atoms. The molecular weight excluding hydrogens is 541 g/mol. The summed E-state index contributed by atoms with van der Waals surface area (Å²) in [7, 11) is -3.60. The van der Waals surface area contributed by atoms with Crippen LogP contribution in [0.1, 0.15) is 48.9 Å². The molecule has 0 heterocycles. The first kappa shape index (κ1) is 31.8. The van der Waals surface area contributed by atoms with Crippen molar-refractivity contribution in [3.63, 3.8) is 0 Å². The number of amides is 2. The number of carbonyl (C=O) groups excluding carboxylic acids is 2. The van der Waals surface area contributed by atoms with E-state index in [0.717, 1.165) is 22.9 Å². The highest BCUT2D eigenvalue weighted by molar-refractivity contribution is 7.92. The molecule has 0 aliphatic heterocycles. The van der Waals surface area contributed by atoms with Crippen LogP contribution in [0.4, 0.5) is 10.1 Å². The van der Waals surface area contributed by atoms with E-state index < -0.39 is 21.9 Å². The van der Waals surface area contributed by atoms with E-state index >= 15 is 0 Å². The van der Waals surface area contributed by atoms with Crippen LogP contribution in [0.15, 0.2) is 72.8 Å². The lowest BCUT2D eigenvalue weighted by Gasteiger charge is -2.32. The summed E-state index contributed by atoms with van der Waals surface area (Å²) in [5.74, 6) is -0.965. The van der Waals surface area contributed by atoms with E-state index in [9.17, 15) is 22.4 Å². The third kappa shape index (κ3) is 9.70. The van der Waals surface area contributed by atoms with Gasteiger partial charge in [-0.3, -0.25) is 13.9 Å². The maximum atomic E-state index is 13.8. The normalized spacial score (nSPS) is 12.2. The zero-order valence-corrected chi connectivity index (χ0v) is 25.2. The minimum absolute atomic E-state index is 0.0261. The number of halogens is 1. The second-order valence-corrected chi connectivity index (χ2v) is 12.7. The van der Waals surface area contributed by atoms with Gasteiger partial charge < -0.3 is 10.2 Å². The highest BCUT2D eigenvalue weighted by Gasteiger charge is 2.31. The lowest BCUT2D eigenvalue weighted by atomic mass is 10.0. The summed E-state index contributed by atoms with van der Waals surface area (Å²) in [6, 6.07) is 19.9. The smallest absolute Gasteiger partial charge is 0.243 e. The van der Waals surface area contributed by atoms with Crippen molar-refractivity contribution in [1.29, 1.82) is 0 Å². The first-order chi connectivity index (χ1) is 19.3. The number of carbonyl (C=O) groups is 2. The Bertz CT molecular complexity index is 1410. The van der Waals surface area contributed by atoms with Gasteiger partial charge in [-0.05, 0) is 80.6 Å². The van der Waals surface area contributed by atoms with Gasteiger partial charge in [-0.1, -0.05) is 48.5 Å². The van der Waals surface area contributed by atoms with Crippen LogP contribution in [0, 0.1) is 19.7 Å². The van der Waals surface area contributed by atoms with E-state index in [1.54, 1.807) is 12.1 Å². The van der Waals surface area contributed by atoms with Crippen LogP contribution in [0.3, 0.4) is 0 Å². The fraction of sp³-hybridized carbons (Fsp3) is 0.375. The molecule has 0 aliphatic rings. The van der Waals surface area contributed by atoms with Gasteiger partial charge in [0.05, 0.1) is 11.9 Å². The second kappa shape index (κ2) is 14.3. The Morgan fingerprint density at radius 3 is 2.07 bits per heavy atom. The van der Waals surface area contributed by atoms with Crippen LogP contribution in [-0.4, -0.2) is 50.0 Å². The van der Waals surface area contributed by atoms with Crippen LogP contribution >= 0.6 is 0 Å². The molecule has 220 valence electrons. The van der Waals surface area contributed by atoms with E-state index in [-0.39, 0.29) is 43.8 Å². The highest BCUT2D eigenvalue weighted by atomic mass is 32.2. The van der Waals surface area contributed by atoms with Crippen molar-refractivity contribution in [1.82, 2.24) is 10.2 Å². The predicted molar refractivity (Wildman–Crippen MR) is 162 cm³/mol. The largest absolute Gasteiger partial charge is 0.352 e. The summed E-state index contributed by atoms with van der Waals surface area (Å²) in [5.41, 5.74) is 4.01. The number of hydrogen-bond acceptors (Lipinski definition) is 4. The average molecular weight is 582 g/mol. The lowest BCUT2D eigenvalue weighted by Crippen LogP contribution is -2.51. The SMILES string of the molecule is Cc1cc(C)cc(N(CCCC(=O)N(Cc2ccc(F)cc2)[C@@H](Cc2ccccc2)C(=O)NC(C)C)S(C)(=O)=O)c1. The molecule has 3 aromatic rings. The van der Waals surface area contributed by atoms with Crippen LogP contribution in [0.2, 0.25) is 0 Å². The third-order valence-corrected chi connectivity index (χ3v) is 7.81. The predicted octanol–water partition coefficient (Wildman–Crippen LogP) is 5.15. The van der Waals surface area contributed by atoms with E-state index in [1.807, 2.05) is 76.2 Å². The zero-order chi connectivity index (χ0) is 30.2. The quantitative estimate of drug-likeness (QED) is 0.302. The molecule has 0 radical (unpaired) electrons. The van der Waals surface area contributed by atoms with Crippen LogP contribution in [-0.2, 0) is 32.6 Å². The molecular formula is C32H40FN3O4S. The van der Waals surface area contributed by atoms with E-state index in [0.29, 0.717) is 17.7 Å². The zero-order valence-electron chi connectivity index (χ0n) is 24.4. The van der Waals surface area contributed by atoms with E-state index in [2.05, 4.69) is 5.32 Å². The number of aryl methyl sites for hydroxylation is 2. The summed E-state index contributed by atoms with van der Waals surface area (Å²) in [6.45, 7) is 7.74. The molecule has 41 heavy (non-hydrogen) atoms. The molecule has 9 heteroatoms. The molecule has 0 spiro atoms. The number of rotatable bonds is 13. The molecule has 0 aromatic heterocycles. The van der Waals surface area contributed by atoms with Gasteiger partial charge in [-0.25, -0.2) is 12.8 Å². The first-order valence-electron chi connectivity index (χ1n) is 13.8. The van der Waals surface area contributed by atoms with Gasteiger partial charge in [0.1, 0.15) is 11.9 Å². The minimum atomic E-state index is -3.60. The van der Waals surface area contributed by atoms with Crippen LogP contribution in [0.5, 0.6) is 0 Å². The molecule has 1 atom stereocenters. The summed E-state index contributed by atoms with van der Waals surface area (Å²) in [6.07, 6.45) is 1.73. The Hall–Kier alpha value is -3.72. The lowest BCUT2D eigenvalue weighted by molar-refractivity contribution is -0.141. The van der Waals surface area contributed by atoms with Gasteiger partial charge >= 0.3 is 0 Å². The van der Waals surface area contributed by atoms with Gasteiger partial charge in [0.25, 0.3) is 0 Å².